The van der Waals surface area contributed by atoms with Crippen molar-refractivity contribution in [2.75, 3.05) is 29.9 Å². The highest BCUT2D eigenvalue weighted by Gasteiger charge is 2.49. The van der Waals surface area contributed by atoms with E-state index in [1.54, 1.807) is 44.3 Å². The number of hydrogen-bond donors (Lipinski definition) is 1. The van der Waals surface area contributed by atoms with Crippen molar-refractivity contribution in [3.63, 3.8) is 0 Å². The second-order valence-electron chi connectivity index (χ2n) is 9.12. The highest BCUT2D eigenvalue weighted by atomic mass is 32.1. The number of anilines is 2. The van der Waals surface area contributed by atoms with E-state index in [-0.39, 0.29) is 5.56 Å². The topological polar surface area (TPSA) is 104 Å². The van der Waals surface area contributed by atoms with Crippen molar-refractivity contribution in [3.8, 4) is 10.6 Å². The van der Waals surface area contributed by atoms with E-state index >= 15 is 0 Å². The number of aliphatic hydroxyl groups is 1. The molecule has 0 bridgehead atoms. The molecule has 3 heterocycles. The number of rotatable bonds is 7. The Morgan fingerprint density at radius 1 is 1.14 bits per heavy atom. The van der Waals surface area contributed by atoms with Crippen LogP contribution < -0.4 is 15.4 Å². The summed E-state index contributed by atoms with van der Waals surface area (Å²) in [6.45, 7) is 7.47. The van der Waals surface area contributed by atoms with Gasteiger partial charge in [0.1, 0.15) is 10.6 Å². The SMILES string of the molecule is CCN(CC)c1ccc2cc(-c3nc(C)c(C(=O)CC4(O)C(=O)N(C)c5ccccc54)s3)c(=O)oc2c1. The third-order valence-electron chi connectivity index (χ3n) is 6.91. The number of carbonyl (C=O) groups excluding carboxylic acids is 2. The van der Waals surface area contributed by atoms with Crippen molar-refractivity contribution in [2.24, 2.45) is 0 Å². The minimum absolute atomic E-state index is 0.260. The molecule has 4 aromatic rings. The number of para-hydroxylation sites is 1. The molecule has 2 aromatic heterocycles. The second-order valence-corrected chi connectivity index (χ2v) is 10.1. The van der Waals surface area contributed by atoms with Gasteiger partial charge in [-0.25, -0.2) is 9.78 Å². The first-order chi connectivity index (χ1) is 17.7. The van der Waals surface area contributed by atoms with Gasteiger partial charge >= 0.3 is 5.63 Å². The third-order valence-corrected chi connectivity index (χ3v) is 8.15. The zero-order chi connectivity index (χ0) is 26.5. The number of aryl methyl sites for hydroxylation is 1. The fourth-order valence-corrected chi connectivity index (χ4v) is 5.91. The maximum atomic E-state index is 13.3. The quantitative estimate of drug-likeness (QED) is 0.284. The minimum Gasteiger partial charge on any atom is -0.422 e. The van der Waals surface area contributed by atoms with Crippen LogP contribution in [0, 0.1) is 6.92 Å². The van der Waals surface area contributed by atoms with Gasteiger partial charge in [-0.1, -0.05) is 18.2 Å². The van der Waals surface area contributed by atoms with Gasteiger partial charge in [0.05, 0.1) is 28.2 Å². The number of Topliss-reactive ketones (excluding diaryl/α,β-unsaturated/α-hetero) is 1. The summed E-state index contributed by atoms with van der Waals surface area (Å²) in [7, 11) is 1.57. The molecule has 1 aliphatic heterocycles. The first-order valence-corrected chi connectivity index (χ1v) is 12.9. The number of carbonyl (C=O) groups is 2. The fourth-order valence-electron chi connectivity index (χ4n) is 4.91. The summed E-state index contributed by atoms with van der Waals surface area (Å²) in [5, 5.41) is 12.4. The molecule has 1 aliphatic rings. The molecule has 0 radical (unpaired) electrons. The van der Waals surface area contributed by atoms with Crippen molar-refractivity contribution >= 4 is 45.4 Å². The Morgan fingerprint density at radius 2 is 1.86 bits per heavy atom. The smallest absolute Gasteiger partial charge is 0.346 e. The zero-order valence-corrected chi connectivity index (χ0v) is 21.9. The van der Waals surface area contributed by atoms with Gasteiger partial charge in [0.15, 0.2) is 11.4 Å². The van der Waals surface area contributed by atoms with E-state index in [0.717, 1.165) is 35.5 Å². The van der Waals surface area contributed by atoms with E-state index < -0.39 is 29.3 Å². The van der Waals surface area contributed by atoms with Crippen LogP contribution in [0.2, 0.25) is 0 Å². The highest BCUT2D eigenvalue weighted by Crippen LogP contribution is 2.42. The number of nitrogens with zero attached hydrogens (tertiary/aromatic N) is 3. The summed E-state index contributed by atoms with van der Waals surface area (Å²) in [6.07, 6.45) is -0.421. The molecule has 1 amide bonds. The number of fused-ring (bicyclic) bond motifs is 2. The van der Waals surface area contributed by atoms with E-state index in [4.69, 9.17) is 4.42 Å². The molecule has 0 saturated heterocycles. The summed E-state index contributed by atoms with van der Waals surface area (Å²) in [5.74, 6) is -0.972. The van der Waals surface area contributed by atoms with E-state index in [9.17, 15) is 19.5 Å². The van der Waals surface area contributed by atoms with E-state index in [1.165, 1.54) is 4.90 Å². The van der Waals surface area contributed by atoms with Crippen LogP contribution in [0.25, 0.3) is 21.5 Å². The molecule has 0 saturated carbocycles. The molecule has 1 N–H and O–H groups in total. The van der Waals surface area contributed by atoms with E-state index in [2.05, 4.69) is 23.7 Å². The van der Waals surface area contributed by atoms with Crippen LogP contribution in [0.4, 0.5) is 11.4 Å². The summed E-state index contributed by atoms with van der Waals surface area (Å²) in [6, 6.07) is 14.3. The van der Waals surface area contributed by atoms with Crippen molar-refractivity contribution in [1.82, 2.24) is 4.98 Å². The number of benzene rings is 2. The predicted molar refractivity (Wildman–Crippen MR) is 145 cm³/mol. The summed E-state index contributed by atoms with van der Waals surface area (Å²) < 4.78 is 5.63. The predicted octanol–water partition coefficient (Wildman–Crippen LogP) is 4.51. The molecule has 0 fully saturated rings. The second kappa shape index (κ2) is 9.24. The molecule has 1 unspecified atom stereocenters. The minimum atomic E-state index is -1.95. The lowest BCUT2D eigenvalue weighted by Gasteiger charge is -2.21. The largest absolute Gasteiger partial charge is 0.422 e. The van der Waals surface area contributed by atoms with Gasteiger partial charge in [0.25, 0.3) is 5.91 Å². The van der Waals surface area contributed by atoms with Gasteiger partial charge in [-0.05, 0) is 45.0 Å². The Hall–Kier alpha value is -3.82. The monoisotopic (exact) mass is 517 g/mol. The molecule has 37 heavy (non-hydrogen) atoms. The fraction of sp³-hybridized carbons (Fsp3) is 0.286. The Balaban J connectivity index is 1.47. The lowest BCUT2D eigenvalue weighted by molar-refractivity contribution is -0.135. The lowest BCUT2D eigenvalue weighted by atomic mass is 9.89. The Bertz CT molecular complexity index is 1600. The standard InChI is InChI=1S/C28H27N3O5S/c1-5-31(6-2)18-12-11-17-13-19(26(33)36-23(17)14-18)25-29-16(3)24(37-25)22(32)15-28(35)20-9-7-8-10-21(20)30(4)27(28)34/h7-14,35H,5-6,15H2,1-4H3. The van der Waals surface area contributed by atoms with Crippen LogP contribution in [0.1, 0.15) is 41.2 Å². The van der Waals surface area contributed by atoms with Gasteiger partial charge in [0, 0.05) is 42.8 Å². The average molecular weight is 518 g/mol. The Morgan fingerprint density at radius 3 is 2.59 bits per heavy atom. The van der Waals surface area contributed by atoms with Crippen LogP contribution in [-0.2, 0) is 10.4 Å². The summed E-state index contributed by atoms with van der Waals surface area (Å²) in [5.41, 5.74) is 0.611. The maximum Gasteiger partial charge on any atom is 0.346 e. The van der Waals surface area contributed by atoms with Gasteiger partial charge in [-0.15, -0.1) is 11.3 Å². The van der Waals surface area contributed by atoms with Crippen molar-refractivity contribution in [1.29, 1.82) is 0 Å². The molecule has 0 aliphatic carbocycles. The maximum absolute atomic E-state index is 13.3. The molecule has 9 heteroatoms. The molecular formula is C28H27N3O5S. The molecular weight excluding hydrogens is 490 g/mol. The van der Waals surface area contributed by atoms with Crippen molar-refractivity contribution < 1.29 is 19.1 Å². The molecule has 0 spiro atoms. The first-order valence-electron chi connectivity index (χ1n) is 12.1. The number of amides is 1. The van der Waals surface area contributed by atoms with Crippen LogP contribution in [0.3, 0.4) is 0 Å². The van der Waals surface area contributed by atoms with Gasteiger partial charge in [-0.3, -0.25) is 9.59 Å². The highest BCUT2D eigenvalue weighted by molar-refractivity contribution is 7.17. The Kier molecular flexibility index (Phi) is 6.21. The molecule has 190 valence electrons. The molecule has 1 atom stereocenters. The molecule has 5 rings (SSSR count). The van der Waals surface area contributed by atoms with Crippen molar-refractivity contribution in [2.45, 2.75) is 32.8 Å². The number of aromatic nitrogens is 1. The van der Waals surface area contributed by atoms with Crippen LogP contribution in [0.5, 0.6) is 0 Å². The number of ketones is 1. The van der Waals surface area contributed by atoms with Gasteiger partial charge < -0.3 is 19.3 Å². The van der Waals surface area contributed by atoms with Gasteiger partial charge in [0.2, 0.25) is 0 Å². The lowest BCUT2D eigenvalue weighted by Crippen LogP contribution is -2.40. The number of likely N-dealkylation sites (N-methyl/N-ethyl adjacent to an activating group) is 1. The van der Waals surface area contributed by atoms with Crippen LogP contribution >= 0.6 is 11.3 Å². The number of hydrogen-bond acceptors (Lipinski definition) is 8. The van der Waals surface area contributed by atoms with Gasteiger partial charge in [-0.2, -0.15) is 0 Å². The summed E-state index contributed by atoms with van der Waals surface area (Å²) in [4.78, 5) is 47.4. The molecule has 2 aromatic carbocycles. The average Bonchev–Trinajstić information content (AvgIpc) is 3.36. The first kappa shape index (κ1) is 24.9. The van der Waals surface area contributed by atoms with Crippen molar-refractivity contribution in [3.05, 3.63) is 75.1 Å². The van der Waals surface area contributed by atoms with Crippen LogP contribution in [0.15, 0.2) is 57.7 Å². The normalized spacial score (nSPS) is 16.9. The van der Waals surface area contributed by atoms with Crippen LogP contribution in [-0.4, -0.2) is 41.9 Å². The Labute approximate surface area is 217 Å². The third kappa shape index (κ3) is 4.04. The summed E-state index contributed by atoms with van der Waals surface area (Å²) >= 11 is 1.06. The van der Waals surface area contributed by atoms with E-state index in [1.807, 2.05) is 18.2 Å². The van der Waals surface area contributed by atoms with E-state index in [0.29, 0.717) is 32.4 Å². The number of thiazole rings is 1. The molecule has 8 nitrogen and oxygen atoms in total. The zero-order valence-electron chi connectivity index (χ0n) is 21.1.